The van der Waals surface area contributed by atoms with Crippen LogP contribution in [0.2, 0.25) is 5.02 Å². The zero-order valence-electron chi connectivity index (χ0n) is 11.8. The van der Waals surface area contributed by atoms with Crippen LogP contribution in [0.4, 0.5) is 0 Å². The molecule has 0 fully saturated rings. The summed E-state index contributed by atoms with van der Waals surface area (Å²) in [5, 5.41) is 6.29. The van der Waals surface area contributed by atoms with E-state index in [1.807, 2.05) is 17.6 Å². The molecule has 1 atom stereocenters. The molecule has 0 aromatic carbocycles. The van der Waals surface area contributed by atoms with Crippen LogP contribution in [0.5, 0.6) is 0 Å². The Morgan fingerprint density at radius 1 is 1.48 bits per heavy atom. The molecule has 3 aromatic rings. The average molecular weight is 321 g/mol. The second-order valence-electron chi connectivity index (χ2n) is 4.93. The van der Waals surface area contributed by atoms with Gasteiger partial charge in [-0.25, -0.2) is 4.98 Å². The Morgan fingerprint density at radius 2 is 2.38 bits per heavy atom. The van der Waals surface area contributed by atoms with Crippen LogP contribution in [0.25, 0.3) is 4.96 Å². The summed E-state index contributed by atoms with van der Waals surface area (Å²) in [6.45, 7) is 3.11. The van der Waals surface area contributed by atoms with Gasteiger partial charge >= 0.3 is 0 Å². The van der Waals surface area contributed by atoms with Crippen molar-refractivity contribution in [2.75, 3.05) is 6.54 Å². The molecule has 4 nitrogen and oxygen atoms in total. The van der Waals surface area contributed by atoms with E-state index in [1.54, 1.807) is 23.7 Å². The zero-order chi connectivity index (χ0) is 14.7. The number of fused-ring (bicyclic) bond motifs is 1. The highest BCUT2D eigenvalue weighted by Crippen LogP contribution is 2.25. The normalized spacial score (nSPS) is 12.9. The number of hydrogen-bond donors (Lipinski definition) is 1. The maximum absolute atomic E-state index is 6.30. The topological polar surface area (TPSA) is 42.2 Å². The third kappa shape index (κ3) is 3.26. The molecule has 3 heterocycles. The van der Waals surface area contributed by atoms with Crippen molar-refractivity contribution < 1.29 is 0 Å². The first kappa shape index (κ1) is 14.5. The Hall–Kier alpha value is -1.43. The molecule has 0 radical (unpaired) electrons. The molecule has 1 N–H and O–H groups in total. The molecule has 1 unspecified atom stereocenters. The van der Waals surface area contributed by atoms with Gasteiger partial charge in [0.05, 0.1) is 10.7 Å². The number of pyridine rings is 1. The van der Waals surface area contributed by atoms with Crippen molar-refractivity contribution in [3.63, 3.8) is 0 Å². The number of hydrogen-bond acceptors (Lipinski definition) is 4. The summed E-state index contributed by atoms with van der Waals surface area (Å²) >= 11 is 7.94. The fraction of sp³-hybridized carbons (Fsp3) is 0.333. The van der Waals surface area contributed by atoms with Crippen LogP contribution >= 0.6 is 22.9 Å². The Labute approximate surface area is 132 Å². The number of aromatic nitrogens is 3. The maximum atomic E-state index is 6.30. The Kier molecular flexibility index (Phi) is 4.53. The predicted molar refractivity (Wildman–Crippen MR) is 87.1 cm³/mol. The largest absolute Gasteiger partial charge is 0.310 e. The summed E-state index contributed by atoms with van der Waals surface area (Å²) < 4.78 is 2.06. The SMILES string of the molecule is CCCNC(Cc1cn2ccsc2n1)c1ccncc1Cl. The summed E-state index contributed by atoms with van der Waals surface area (Å²) in [6, 6.07) is 2.14. The quantitative estimate of drug-likeness (QED) is 0.752. The van der Waals surface area contributed by atoms with Crippen molar-refractivity contribution in [2.24, 2.45) is 0 Å². The molecule has 0 spiro atoms. The summed E-state index contributed by atoms with van der Waals surface area (Å²) in [5.74, 6) is 0. The summed E-state index contributed by atoms with van der Waals surface area (Å²) in [4.78, 5) is 9.75. The summed E-state index contributed by atoms with van der Waals surface area (Å²) in [7, 11) is 0. The second kappa shape index (κ2) is 6.56. The number of nitrogens with zero attached hydrogens (tertiary/aromatic N) is 3. The van der Waals surface area contributed by atoms with E-state index in [0.717, 1.165) is 35.6 Å². The van der Waals surface area contributed by atoms with Gasteiger partial charge in [0.2, 0.25) is 0 Å². The van der Waals surface area contributed by atoms with Crippen LogP contribution in [-0.4, -0.2) is 20.9 Å². The third-order valence-electron chi connectivity index (χ3n) is 3.38. The van der Waals surface area contributed by atoms with Crippen molar-refractivity contribution >= 4 is 27.9 Å². The number of nitrogens with one attached hydrogen (secondary N) is 1. The highest BCUT2D eigenvalue weighted by Gasteiger charge is 2.16. The van der Waals surface area contributed by atoms with Crippen molar-refractivity contribution in [1.82, 2.24) is 19.7 Å². The number of rotatable bonds is 6. The van der Waals surface area contributed by atoms with Crippen molar-refractivity contribution in [1.29, 1.82) is 0 Å². The first-order chi connectivity index (χ1) is 10.3. The molecular weight excluding hydrogens is 304 g/mol. The second-order valence-corrected chi connectivity index (χ2v) is 6.21. The van der Waals surface area contributed by atoms with Crippen LogP contribution in [0.3, 0.4) is 0 Å². The van der Waals surface area contributed by atoms with Crippen molar-refractivity contribution in [2.45, 2.75) is 25.8 Å². The lowest BCUT2D eigenvalue weighted by Gasteiger charge is -2.19. The van der Waals surface area contributed by atoms with Crippen LogP contribution in [0.1, 0.15) is 30.6 Å². The van der Waals surface area contributed by atoms with Gasteiger partial charge in [-0.15, -0.1) is 11.3 Å². The first-order valence-electron chi connectivity index (χ1n) is 7.01. The summed E-state index contributed by atoms with van der Waals surface area (Å²) in [6.07, 6.45) is 9.50. The van der Waals surface area contributed by atoms with Gasteiger partial charge < -0.3 is 5.32 Å². The zero-order valence-corrected chi connectivity index (χ0v) is 13.4. The van der Waals surface area contributed by atoms with Gasteiger partial charge in [-0.2, -0.15) is 0 Å². The molecule has 21 heavy (non-hydrogen) atoms. The van der Waals surface area contributed by atoms with E-state index >= 15 is 0 Å². The van der Waals surface area contributed by atoms with E-state index in [0.29, 0.717) is 5.02 Å². The van der Waals surface area contributed by atoms with Crippen molar-refractivity contribution in [3.8, 4) is 0 Å². The number of thiazole rings is 1. The molecule has 0 aliphatic heterocycles. The minimum Gasteiger partial charge on any atom is -0.310 e. The van der Waals surface area contributed by atoms with Crippen LogP contribution in [0.15, 0.2) is 36.2 Å². The fourth-order valence-corrected chi connectivity index (χ4v) is 3.33. The van der Waals surface area contributed by atoms with Gasteiger partial charge in [-0.3, -0.25) is 9.38 Å². The summed E-state index contributed by atoms with van der Waals surface area (Å²) in [5.41, 5.74) is 2.15. The number of halogens is 1. The Balaban J connectivity index is 1.85. The van der Waals surface area contributed by atoms with Gasteiger partial charge in [-0.1, -0.05) is 18.5 Å². The van der Waals surface area contributed by atoms with Crippen LogP contribution < -0.4 is 5.32 Å². The van der Waals surface area contributed by atoms with E-state index in [2.05, 4.69) is 32.8 Å². The predicted octanol–water partition coefficient (Wildman–Crippen LogP) is 3.73. The lowest BCUT2D eigenvalue weighted by molar-refractivity contribution is 0.525. The molecule has 0 aliphatic carbocycles. The van der Waals surface area contributed by atoms with Crippen molar-refractivity contribution in [3.05, 3.63) is 52.5 Å². The standard InChI is InChI=1S/C15H17ClN4S/c1-2-4-18-14(12-3-5-17-9-13(12)16)8-11-10-20-6-7-21-15(20)19-11/h3,5-7,9-10,14,18H,2,4,8H2,1H3. The van der Waals surface area contributed by atoms with Gasteiger partial charge in [0.25, 0.3) is 0 Å². The molecule has 0 saturated carbocycles. The molecular formula is C15H17ClN4S. The fourth-order valence-electron chi connectivity index (χ4n) is 2.36. The molecule has 3 rings (SSSR count). The Bertz CT molecular complexity index is 693. The molecule has 0 amide bonds. The van der Waals surface area contributed by atoms with Gasteiger partial charge in [-0.05, 0) is 24.6 Å². The van der Waals surface area contributed by atoms with E-state index in [9.17, 15) is 0 Å². The Morgan fingerprint density at radius 3 is 3.14 bits per heavy atom. The average Bonchev–Trinajstić information content (AvgIpc) is 3.05. The number of imidazole rings is 1. The van der Waals surface area contributed by atoms with Crippen LogP contribution in [0, 0.1) is 0 Å². The molecule has 0 saturated heterocycles. The first-order valence-corrected chi connectivity index (χ1v) is 8.27. The lowest BCUT2D eigenvalue weighted by atomic mass is 10.0. The highest BCUT2D eigenvalue weighted by molar-refractivity contribution is 7.15. The minimum absolute atomic E-state index is 0.157. The van der Waals surface area contributed by atoms with E-state index < -0.39 is 0 Å². The van der Waals surface area contributed by atoms with Gasteiger partial charge in [0, 0.05) is 42.6 Å². The lowest BCUT2D eigenvalue weighted by Crippen LogP contribution is -2.24. The molecule has 110 valence electrons. The van der Waals surface area contributed by atoms with E-state index in [4.69, 9.17) is 11.6 Å². The molecule has 0 bridgehead atoms. The third-order valence-corrected chi connectivity index (χ3v) is 4.46. The van der Waals surface area contributed by atoms with Gasteiger partial charge in [0.1, 0.15) is 0 Å². The maximum Gasteiger partial charge on any atom is 0.193 e. The molecule has 3 aromatic heterocycles. The van der Waals surface area contributed by atoms with Gasteiger partial charge in [0.15, 0.2) is 4.96 Å². The monoisotopic (exact) mass is 320 g/mol. The molecule has 6 heteroatoms. The molecule has 0 aliphatic rings. The van der Waals surface area contributed by atoms with E-state index in [-0.39, 0.29) is 6.04 Å². The van der Waals surface area contributed by atoms with Crippen LogP contribution in [-0.2, 0) is 6.42 Å². The highest BCUT2D eigenvalue weighted by atomic mass is 35.5. The smallest absolute Gasteiger partial charge is 0.193 e. The van der Waals surface area contributed by atoms with E-state index in [1.165, 1.54) is 0 Å². The minimum atomic E-state index is 0.157.